The second-order valence-corrected chi connectivity index (χ2v) is 9.76. The number of carbonyl (C=O) groups is 1. The van der Waals surface area contributed by atoms with Gasteiger partial charge >= 0.3 is 0 Å². The van der Waals surface area contributed by atoms with E-state index in [1.807, 2.05) is 30.3 Å². The van der Waals surface area contributed by atoms with Gasteiger partial charge in [-0.15, -0.1) is 0 Å². The van der Waals surface area contributed by atoms with Crippen molar-refractivity contribution in [2.75, 3.05) is 20.1 Å². The van der Waals surface area contributed by atoms with Crippen molar-refractivity contribution >= 4 is 32.6 Å². The first-order valence-electron chi connectivity index (χ1n) is 10.2. The number of piperidine rings is 1. The molecular formula is C24H25BrN2O2. The molecule has 4 nitrogen and oxygen atoms in total. The Bertz CT molecular complexity index is 1120. The predicted molar refractivity (Wildman–Crippen MR) is 119 cm³/mol. The van der Waals surface area contributed by atoms with Crippen LogP contribution in [0.3, 0.4) is 0 Å². The van der Waals surface area contributed by atoms with Gasteiger partial charge in [0, 0.05) is 45.1 Å². The van der Waals surface area contributed by atoms with Gasteiger partial charge in [-0.2, -0.15) is 0 Å². The van der Waals surface area contributed by atoms with Crippen molar-refractivity contribution in [2.24, 2.45) is 0 Å². The number of nitrogens with one attached hydrogen (secondary N) is 1. The summed E-state index contributed by atoms with van der Waals surface area (Å²) in [6.45, 7) is 6.49. The second-order valence-electron chi connectivity index (χ2n) is 8.85. The Morgan fingerprint density at radius 2 is 1.90 bits per heavy atom. The zero-order valence-corrected chi connectivity index (χ0v) is 18.6. The lowest BCUT2D eigenvalue weighted by Crippen LogP contribution is -2.36. The number of hydrogen-bond acceptors (Lipinski definition) is 3. The molecule has 1 N–H and O–H groups in total. The van der Waals surface area contributed by atoms with Crippen LogP contribution < -0.4 is 4.74 Å². The van der Waals surface area contributed by atoms with Gasteiger partial charge in [-0.3, -0.25) is 4.79 Å². The summed E-state index contributed by atoms with van der Waals surface area (Å²) < 4.78 is 7.31. The van der Waals surface area contributed by atoms with Gasteiger partial charge in [-0.1, -0.05) is 35.8 Å². The average molecular weight is 453 g/mol. The summed E-state index contributed by atoms with van der Waals surface area (Å²) in [6.07, 6.45) is 2.32. The van der Waals surface area contributed by atoms with Crippen molar-refractivity contribution in [3.8, 4) is 5.75 Å². The van der Waals surface area contributed by atoms with Gasteiger partial charge in [0.1, 0.15) is 11.9 Å². The lowest BCUT2D eigenvalue weighted by Gasteiger charge is -2.33. The van der Waals surface area contributed by atoms with Gasteiger partial charge in [0.15, 0.2) is 5.78 Å². The lowest BCUT2D eigenvalue weighted by atomic mass is 9.71. The highest BCUT2D eigenvalue weighted by atomic mass is 79.9. The van der Waals surface area contributed by atoms with E-state index in [2.05, 4.69) is 52.8 Å². The number of hydrogen-bond donors (Lipinski definition) is 1. The molecule has 0 amide bonds. The fraction of sp³-hybridized carbons (Fsp3) is 0.375. The maximum atomic E-state index is 13.4. The summed E-state index contributed by atoms with van der Waals surface area (Å²) in [5, 5.41) is 0.985. The van der Waals surface area contributed by atoms with Crippen LogP contribution in [0.5, 0.6) is 5.75 Å². The van der Waals surface area contributed by atoms with Crippen molar-refractivity contribution in [1.82, 2.24) is 9.88 Å². The van der Waals surface area contributed by atoms with Crippen molar-refractivity contribution in [3.63, 3.8) is 0 Å². The summed E-state index contributed by atoms with van der Waals surface area (Å²) in [5.41, 5.74) is 4.28. The molecule has 0 unspecified atom stereocenters. The topological polar surface area (TPSA) is 45.3 Å². The van der Waals surface area contributed by atoms with Gasteiger partial charge < -0.3 is 14.6 Å². The Kier molecular flexibility index (Phi) is 4.37. The minimum atomic E-state index is -0.309. The minimum absolute atomic E-state index is 0.0914. The van der Waals surface area contributed by atoms with Crippen LogP contribution in [0.1, 0.15) is 53.9 Å². The number of benzene rings is 2. The Labute approximate surface area is 179 Å². The SMILES string of the molecule is CN1CCC(Oc2ccc3c(c2)C(C)(C)c2[nH]c4cc(Br)ccc4c2C3=O)CC1. The fourth-order valence-corrected chi connectivity index (χ4v) is 5.11. The zero-order valence-electron chi connectivity index (χ0n) is 17.0. The molecule has 150 valence electrons. The number of rotatable bonds is 2. The maximum absolute atomic E-state index is 13.4. The van der Waals surface area contributed by atoms with E-state index in [9.17, 15) is 4.79 Å². The number of nitrogens with zero attached hydrogens (tertiary/aromatic N) is 1. The molecule has 0 atom stereocenters. The first-order chi connectivity index (χ1) is 13.8. The number of H-pyrrole nitrogens is 1. The van der Waals surface area contributed by atoms with Crippen LogP contribution in [0, 0.1) is 0 Å². The third-order valence-electron chi connectivity index (χ3n) is 6.49. The molecule has 0 spiro atoms. The third kappa shape index (κ3) is 3.03. The molecular weight excluding hydrogens is 428 g/mol. The largest absolute Gasteiger partial charge is 0.490 e. The maximum Gasteiger partial charge on any atom is 0.195 e. The molecule has 3 aromatic rings. The number of ketones is 1. The molecule has 2 aliphatic rings. The molecule has 2 aromatic carbocycles. The summed E-state index contributed by atoms with van der Waals surface area (Å²) in [5.74, 6) is 0.954. The van der Waals surface area contributed by atoms with Crippen LogP contribution in [0.15, 0.2) is 40.9 Å². The number of aromatic amines is 1. The fourth-order valence-electron chi connectivity index (χ4n) is 4.75. The molecule has 5 heteroatoms. The summed E-state index contributed by atoms with van der Waals surface area (Å²) >= 11 is 3.53. The smallest absolute Gasteiger partial charge is 0.195 e. The van der Waals surface area contributed by atoms with E-state index in [1.54, 1.807) is 0 Å². The van der Waals surface area contributed by atoms with E-state index in [1.165, 1.54) is 0 Å². The average Bonchev–Trinajstić information content (AvgIpc) is 3.08. The molecule has 1 aromatic heterocycles. The highest BCUT2D eigenvalue weighted by Gasteiger charge is 2.40. The Hall–Kier alpha value is -2.11. The zero-order chi connectivity index (χ0) is 20.3. The van der Waals surface area contributed by atoms with Gasteiger partial charge in [0.2, 0.25) is 0 Å². The van der Waals surface area contributed by atoms with Gasteiger partial charge in [-0.25, -0.2) is 0 Å². The number of ether oxygens (including phenoxy) is 1. The van der Waals surface area contributed by atoms with E-state index < -0.39 is 0 Å². The highest BCUT2D eigenvalue weighted by Crippen LogP contribution is 2.45. The van der Waals surface area contributed by atoms with E-state index in [0.29, 0.717) is 0 Å². The quantitative estimate of drug-likeness (QED) is 0.575. The molecule has 0 radical (unpaired) electrons. The van der Waals surface area contributed by atoms with E-state index in [0.717, 1.165) is 69.4 Å². The molecule has 2 heterocycles. The summed E-state index contributed by atoms with van der Waals surface area (Å²) in [6, 6.07) is 12.0. The van der Waals surface area contributed by atoms with E-state index in [4.69, 9.17) is 4.74 Å². The molecule has 0 saturated carbocycles. The standard InChI is InChI=1S/C24H25BrN2O2/c1-24(2)19-13-16(29-15-8-10-27(3)11-9-15)5-7-17(19)22(28)21-18-6-4-14(25)12-20(18)26-23(21)24/h4-7,12-13,15,26H,8-11H2,1-3H3. The third-order valence-corrected chi connectivity index (χ3v) is 6.98. The Morgan fingerprint density at radius 3 is 2.66 bits per heavy atom. The van der Waals surface area contributed by atoms with Crippen molar-refractivity contribution in [3.05, 3.63) is 63.3 Å². The molecule has 1 saturated heterocycles. The lowest BCUT2D eigenvalue weighted by molar-refractivity contribution is 0.103. The minimum Gasteiger partial charge on any atom is -0.490 e. The van der Waals surface area contributed by atoms with E-state index >= 15 is 0 Å². The van der Waals surface area contributed by atoms with Crippen molar-refractivity contribution in [1.29, 1.82) is 0 Å². The Balaban J connectivity index is 1.56. The monoisotopic (exact) mass is 452 g/mol. The van der Waals surface area contributed by atoms with Crippen LogP contribution in [-0.4, -0.2) is 41.9 Å². The number of fused-ring (bicyclic) bond motifs is 4. The molecule has 1 aliphatic heterocycles. The molecule has 29 heavy (non-hydrogen) atoms. The summed E-state index contributed by atoms with van der Waals surface area (Å²) in [7, 11) is 2.15. The predicted octanol–water partition coefficient (Wildman–Crippen LogP) is 5.27. The van der Waals surface area contributed by atoms with Crippen molar-refractivity contribution < 1.29 is 9.53 Å². The molecule has 5 rings (SSSR count). The van der Waals surface area contributed by atoms with Crippen LogP contribution >= 0.6 is 15.9 Å². The van der Waals surface area contributed by atoms with Gasteiger partial charge in [0.25, 0.3) is 0 Å². The first kappa shape index (κ1) is 18.9. The number of aromatic nitrogens is 1. The second kappa shape index (κ2) is 6.71. The molecule has 1 fully saturated rings. The first-order valence-corrected chi connectivity index (χ1v) is 11.0. The van der Waals surface area contributed by atoms with Crippen LogP contribution in [0.4, 0.5) is 0 Å². The van der Waals surface area contributed by atoms with Crippen LogP contribution in [-0.2, 0) is 5.41 Å². The van der Waals surface area contributed by atoms with E-state index in [-0.39, 0.29) is 17.3 Å². The van der Waals surface area contributed by atoms with Crippen LogP contribution in [0.25, 0.3) is 10.9 Å². The van der Waals surface area contributed by atoms with Crippen LogP contribution in [0.2, 0.25) is 0 Å². The Morgan fingerprint density at radius 1 is 1.14 bits per heavy atom. The number of likely N-dealkylation sites (tertiary alicyclic amines) is 1. The van der Waals surface area contributed by atoms with Gasteiger partial charge in [-0.05, 0) is 55.8 Å². The van der Waals surface area contributed by atoms with Gasteiger partial charge in [0.05, 0.1) is 5.56 Å². The molecule has 0 bridgehead atoms. The summed E-state index contributed by atoms with van der Waals surface area (Å²) in [4.78, 5) is 19.3. The molecule has 1 aliphatic carbocycles. The number of halogens is 1. The highest BCUT2D eigenvalue weighted by molar-refractivity contribution is 9.10. The number of carbonyl (C=O) groups excluding carboxylic acids is 1. The normalized spacial score (nSPS) is 19.2. The van der Waals surface area contributed by atoms with Crippen molar-refractivity contribution in [2.45, 2.75) is 38.2 Å².